The second-order valence-electron chi connectivity index (χ2n) is 7.61. The summed E-state index contributed by atoms with van der Waals surface area (Å²) >= 11 is 6.10. The molecule has 0 radical (unpaired) electrons. The summed E-state index contributed by atoms with van der Waals surface area (Å²) in [5, 5.41) is 7.34. The van der Waals surface area contributed by atoms with E-state index in [9.17, 15) is 4.79 Å². The number of carbonyl (C=O) groups excluding carboxylic acids is 1. The number of carbonyl (C=O) groups is 1. The van der Waals surface area contributed by atoms with E-state index in [0.717, 1.165) is 22.3 Å². The molecule has 3 nitrogen and oxygen atoms in total. The maximum Gasteiger partial charge on any atom is 0.242 e. The number of hydrogen-bond acceptors (Lipinski definition) is 2. The summed E-state index contributed by atoms with van der Waals surface area (Å²) < 4.78 is 0. The van der Waals surface area contributed by atoms with Gasteiger partial charge in [0.1, 0.15) is 6.04 Å². The van der Waals surface area contributed by atoms with E-state index < -0.39 is 6.04 Å². The molecule has 1 unspecified atom stereocenters. The molecule has 0 aromatic heterocycles. The van der Waals surface area contributed by atoms with E-state index in [1.807, 2.05) is 91.0 Å². The molecule has 5 heteroatoms. The third kappa shape index (κ3) is 6.69. The second-order valence-corrected chi connectivity index (χ2v) is 8.05. The summed E-state index contributed by atoms with van der Waals surface area (Å²) in [4.78, 5) is 13.4. The third-order valence-corrected chi connectivity index (χ3v) is 5.59. The van der Waals surface area contributed by atoms with E-state index in [0.29, 0.717) is 11.6 Å². The average molecular weight is 477 g/mol. The van der Waals surface area contributed by atoms with Gasteiger partial charge in [-0.2, -0.15) is 0 Å². The topological polar surface area (TPSA) is 41.1 Å². The van der Waals surface area contributed by atoms with Gasteiger partial charge in [0.2, 0.25) is 5.91 Å². The predicted molar refractivity (Wildman–Crippen MR) is 138 cm³/mol. The number of rotatable bonds is 8. The van der Waals surface area contributed by atoms with Crippen LogP contribution in [-0.4, -0.2) is 5.91 Å². The summed E-state index contributed by atoms with van der Waals surface area (Å²) in [5.74, 6) is -0.0898. The Morgan fingerprint density at radius 2 is 1.21 bits per heavy atom. The first-order valence-corrected chi connectivity index (χ1v) is 11.0. The third-order valence-electron chi connectivity index (χ3n) is 5.35. The number of amides is 1. The minimum Gasteiger partial charge on any atom is -0.350 e. The fraction of sp³-hybridized carbons (Fsp3) is 0.107. The van der Waals surface area contributed by atoms with Crippen LogP contribution in [0.5, 0.6) is 0 Å². The first-order chi connectivity index (χ1) is 15.7. The molecule has 0 spiro atoms. The Kier molecular flexibility index (Phi) is 9.08. The van der Waals surface area contributed by atoms with Crippen molar-refractivity contribution in [2.75, 3.05) is 0 Å². The van der Waals surface area contributed by atoms with Crippen molar-refractivity contribution in [3.63, 3.8) is 0 Å². The highest BCUT2D eigenvalue weighted by Crippen LogP contribution is 2.26. The molecule has 0 saturated carbocycles. The van der Waals surface area contributed by atoms with Crippen LogP contribution < -0.4 is 10.6 Å². The normalized spacial score (nSPS) is 11.5. The van der Waals surface area contributed by atoms with Gasteiger partial charge in [-0.1, -0.05) is 115 Å². The lowest BCUT2D eigenvalue weighted by Gasteiger charge is -2.26. The van der Waals surface area contributed by atoms with Crippen molar-refractivity contribution in [1.29, 1.82) is 0 Å². The fourth-order valence-corrected chi connectivity index (χ4v) is 3.96. The van der Waals surface area contributed by atoms with E-state index in [-0.39, 0.29) is 24.4 Å². The molecule has 0 aliphatic carbocycles. The zero-order chi connectivity index (χ0) is 22.2. The second kappa shape index (κ2) is 12.2. The van der Waals surface area contributed by atoms with Gasteiger partial charge in [-0.3, -0.25) is 10.1 Å². The Morgan fingerprint density at radius 1 is 0.697 bits per heavy atom. The Balaban J connectivity index is 0.00000306. The average Bonchev–Trinajstić information content (AvgIpc) is 2.85. The van der Waals surface area contributed by atoms with Crippen molar-refractivity contribution in [1.82, 2.24) is 10.6 Å². The van der Waals surface area contributed by atoms with Crippen LogP contribution in [0.2, 0.25) is 5.02 Å². The number of nitrogens with one attached hydrogen (secondary N) is 2. The maximum absolute atomic E-state index is 13.4. The molecule has 0 bridgehead atoms. The summed E-state index contributed by atoms with van der Waals surface area (Å²) in [7, 11) is 0. The standard InChI is InChI=1S/C28H25ClN2O.ClH/c29-25-18-10-11-21(19-25)20-30-28(32)27(24-16-8-3-9-17-24)31-26(22-12-4-1-5-13-22)23-14-6-2-7-15-23;/h1-19,26-27,31H,20H2,(H,30,32);1H. The molecule has 1 amide bonds. The van der Waals surface area contributed by atoms with Crippen LogP contribution in [0.1, 0.15) is 34.3 Å². The molecular formula is C28H26Cl2N2O. The van der Waals surface area contributed by atoms with E-state index in [4.69, 9.17) is 11.6 Å². The van der Waals surface area contributed by atoms with Gasteiger partial charge in [0.25, 0.3) is 0 Å². The highest BCUT2D eigenvalue weighted by molar-refractivity contribution is 6.30. The fourth-order valence-electron chi connectivity index (χ4n) is 3.75. The molecule has 1 atom stereocenters. The van der Waals surface area contributed by atoms with Gasteiger partial charge in [-0.25, -0.2) is 0 Å². The Bertz CT molecular complexity index is 1100. The van der Waals surface area contributed by atoms with Crippen LogP contribution in [0.15, 0.2) is 115 Å². The number of halogens is 2. The molecule has 4 aromatic rings. The van der Waals surface area contributed by atoms with Crippen molar-refractivity contribution in [3.8, 4) is 0 Å². The smallest absolute Gasteiger partial charge is 0.242 e. The highest BCUT2D eigenvalue weighted by atomic mass is 35.5. The lowest BCUT2D eigenvalue weighted by Crippen LogP contribution is -2.39. The molecule has 0 fully saturated rings. The van der Waals surface area contributed by atoms with Crippen molar-refractivity contribution < 1.29 is 4.79 Å². The molecule has 0 aliphatic heterocycles. The number of benzene rings is 4. The Morgan fingerprint density at radius 3 is 1.73 bits per heavy atom. The number of hydrogen-bond donors (Lipinski definition) is 2. The molecule has 0 heterocycles. The van der Waals surface area contributed by atoms with Gasteiger partial charge in [-0.05, 0) is 34.4 Å². The first kappa shape index (κ1) is 24.5. The van der Waals surface area contributed by atoms with Crippen molar-refractivity contribution in [2.45, 2.75) is 18.6 Å². The van der Waals surface area contributed by atoms with E-state index in [2.05, 4.69) is 34.9 Å². The van der Waals surface area contributed by atoms with Crippen LogP contribution in [0.3, 0.4) is 0 Å². The van der Waals surface area contributed by atoms with Crippen molar-refractivity contribution in [3.05, 3.63) is 143 Å². The van der Waals surface area contributed by atoms with Crippen molar-refractivity contribution in [2.24, 2.45) is 0 Å². The van der Waals surface area contributed by atoms with Crippen molar-refractivity contribution >= 4 is 29.9 Å². The molecule has 168 valence electrons. The minimum atomic E-state index is -0.527. The lowest BCUT2D eigenvalue weighted by molar-refractivity contribution is -0.123. The van der Waals surface area contributed by atoms with Crippen LogP contribution >= 0.6 is 24.0 Å². The zero-order valence-corrected chi connectivity index (χ0v) is 19.6. The van der Waals surface area contributed by atoms with Gasteiger partial charge in [0.05, 0.1) is 6.04 Å². The van der Waals surface area contributed by atoms with Gasteiger partial charge < -0.3 is 5.32 Å². The predicted octanol–water partition coefficient (Wildman–Crippen LogP) is 6.50. The highest BCUT2D eigenvalue weighted by Gasteiger charge is 2.25. The van der Waals surface area contributed by atoms with Crippen LogP contribution in [-0.2, 0) is 11.3 Å². The quantitative estimate of drug-likeness (QED) is 0.304. The van der Waals surface area contributed by atoms with E-state index in [1.54, 1.807) is 0 Å². The maximum atomic E-state index is 13.4. The van der Waals surface area contributed by atoms with Crippen LogP contribution in [0.4, 0.5) is 0 Å². The van der Waals surface area contributed by atoms with Gasteiger partial charge in [0, 0.05) is 11.6 Å². The SMILES string of the molecule is Cl.O=C(NCc1cccc(Cl)c1)C(NC(c1ccccc1)c1ccccc1)c1ccccc1. The lowest BCUT2D eigenvalue weighted by atomic mass is 9.96. The monoisotopic (exact) mass is 476 g/mol. The van der Waals surface area contributed by atoms with Gasteiger partial charge in [0.15, 0.2) is 0 Å². The van der Waals surface area contributed by atoms with Crippen LogP contribution in [0, 0.1) is 0 Å². The first-order valence-electron chi connectivity index (χ1n) is 10.6. The summed E-state index contributed by atoms with van der Waals surface area (Å²) in [6, 6.07) is 37.1. The molecule has 4 aromatic carbocycles. The van der Waals surface area contributed by atoms with Gasteiger partial charge >= 0.3 is 0 Å². The minimum absolute atomic E-state index is 0. The van der Waals surface area contributed by atoms with Gasteiger partial charge in [-0.15, -0.1) is 12.4 Å². The van der Waals surface area contributed by atoms with E-state index in [1.165, 1.54) is 0 Å². The summed E-state index contributed by atoms with van der Waals surface area (Å²) in [6.07, 6.45) is 0. The van der Waals surface area contributed by atoms with E-state index >= 15 is 0 Å². The Labute approximate surface area is 206 Å². The largest absolute Gasteiger partial charge is 0.350 e. The summed E-state index contributed by atoms with van der Waals surface area (Å²) in [6.45, 7) is 0.408. The molecule has 0 aliphatic rings. The molecular weight excluding hydrogens is 451 g/mol. The Hall–Kier alpha value is -3.11. The molecule has 0 saturated heterocycles. The molecule has 33 heavy (non-hydrogen) atoms. The molecule has 4 rings (SSSR count). The van der Waals surface area contributed by atoms with Crippen LogP contribution in [0.25, 0.3) is 0 Å². The summed E-state index contributed by atoms with van der Waals surface area (Å²) in [5.41, 5.74) is 4.07. The molecule has 2 N–H and O–H groups in total. The zero-order valence-electron chi connectivity index (χ0n) is 18.0.